The van der Waals surface area contributed by atoms with E-state index in [0.29, 0.717) is 0 Å². The fourth-order valence-electron chi connectivity index (χ4n) is 3.49. The maximum atomic E-state index is 5.92. The van der Waals surface area contributed by atoms with Crippen LogP contribution < -0.4 is 10.1 Å². The lowest BCUT2D eigenvalue weighted by molar-refractivity contribution is 0.482. The first kappa shape index (κ1) is 18.1. The molecule has 1 N–H and O–H groups in total. The topological polar surface area (TPSA) is 39.1 Å². The Morgan fingerprint density at radius 3 is 2.43 bits per heavy atom. The van der Waals surface area contributed by atoms with Gasteiger partial charge in [-0.05, 0) is 48.4 Å². The number of benzene rings is 3. The standard InChI is InChI=1S/C24H25N3O/c1-3-8-22(26-23-11-7-12-24-21(23)17-25-27(24)2)18-13-15-20(16-14-18)28-19-9-5-4-6-10-19/h4-7,9-17,22,26H,3,8H2,1-2H3. The van der Waals surface area contributed by atoms with Crippen molar-refractivity contribution in [1.29, 1.82) is 0 Å². The maximum absolute atomic E-state index is 5.92. The summed E-state index contributed by atoms with van der Waals surface area (Å²) in [6.07, 6.45) is 4.08. The van der Waals surface area contributed by atoms with Crippen molar-refractivity contribution in [2.75, 3.05) is 5.32 Å². The molecule has 0 saturated carbocycles. The van der Waals surface area contributed by atoms with Gasteiger partial charge in [-0.15, -0.1) is 0 Å². The fourth-order valence-corrected chi connectivity index (χ4v) is 3.49. The second kappa shape index (κ2) is 8.17. The van der Waals surface area contributed by atoms with E-state index in [2.05, 4.69) is 47.7 Å². The lowest BCUT2D eigenvalue weighted by Gasteiger charge is -2.21. The normalized spacial score (nSPS) is 12.1. The molecule has 0 radical (unpaired) electrons. The van der Waals surface area contributed by atoms with E-state index >= 15 is 0 Å². The van der Waals surface area contributed by atoms with Gasteiger partial charge in [0, 0.05) is 18.1 Å². The van der Waals surface area contributed by atoms with E-state index in [1.165, 1.54) is 5.56 Å². The Morgan fingerprint density at radius 2 is 1.68 bits per heavy atom. The lowest BCUT2D eigenvalue weighted by Crippen LogP contribution is -2.10. The molecule has 0 saturated heterocycles. The van der Waals surface area contributed by atoms with Crippen molar-refractivity contribution in [3.05, 3.63) is 84.6 Å². The zero-order valence-electron chi connectivity index (χ0n) is 16.3. The maximum Gasteiger partial charge on any atom is 0.127 e. The molecule has 0 fully saturated rings. The number of nitrogens with zero attached hydrogens (tertiary/aromatic N) is 2. The molecule has 0 amide bonds. The fraction of sp³-hybridized carbons (Fsp3) is 0.208. The number of para-hydroxylation sites is 1. The molecule has 1 unspecified atom stereocenters. The van der Waals surface area contributed by atoms with Crippen LogP contribution in [-0.2, 0) is 7.05 Å². The Morgan fingerprint density at radius 1 is 0.929 bits per heavy atom. The van der Waals surface area contributed by atoms with Gasteiger partial charge in [0.2, 0.25) is 0 Å². The van der Waals surface area contributed by atoms with Gasteiger partial charge in [0.25, 0.3) is 0 Å². The second-order valence-electron chi connectivity index (χ2n) is 6.98. The quantitative estimate of drug-likeness (QED) is 0.413. The van der Waals surface area contributed by atoms with Gasteiger partial charge >= 0.3 is 0 Å². The zero-order valence-corrected chi connectivity index (χ0v) is 16.3. The van der Waals surface area contributed by atoms with E-state index in [1.807, 2.05) is 60.4 Å². The molecule has 1 aromatic heterocycles. The minimum absolute atomic E-state index is 0.238. The smallest absolute Gasteiger partial charge is 0.127 e. The van der Waals surface area contributed by atoms with Gasteiger partial charge in [-0.25, -0.2) is 0 Å². The van der Waals surface area contributed by atoms with Gasteiger partial charge in [-0.3, -0.25) is 4.68 Å². The number of aryl methyl sites for hydroxylation is 1. The largest absolute Gasteiger partial charge is 0.457 e. The van der Waals surface area contributed by atoms with E-state index in [4.69, 9.17) is 4.74 Å². The monoisotopic (exact) mass is 371 g/mol. The molecule has 4 nitrogen and oxygen atoms in total. The first-order valence-electron chi connectivity index (χ1n) is 9.74. The summed E-state index contributed by atoms with van der Waals surface area (Å²) in [5, 5.41) is 9.27. The van der Waals surface area contributed by atoms with Crippen LogP contribution in [0.3, 0.4) is 0 Å². The Hall–Kier alpha value is -3.27. The van der Waals surface area contributed by atoms with E-state index < -0.39 is 0 Å². The molecule has 142 valence electrons. The van der Waals surface area contributed by atoms with Crippen molar-refractivity contribution in [1.82, 2.24) is 9.78 Å². The predicted octanol–water partition coefficient (Wildman–Crippen LogP) is 6.32. The molecular formula is C24H25N3O. The molecule has 4 rings (SSSR count). The summed E-state index contributed by atoms with van der Waals surface area (Å²) in [6.45, 7) is 2.21. The molecule has 4 aromatic rings. The number of anilines is 1. The van der Waals surface area contributed by atoms with Crippen LogP contribution in [0.2, 0.25) is 0 Å². The summed E-state index contributed by atoms with van der Waals surface area (Å²) in [5.74, 6) is 1.70. The number of nitrogens with one attached hydrogen (secondary N) is 1. The average molecular weight is 371 g/mol. The Kier molecular flexibility index (Phi) is 5.29. The molecule has 1 atom stereocenters. The molecule has 3 aromatic carbocycles. The van der Waals surface area contributed by atoms with E-state index in [9.17, 15) is 0 Å². The molecule has 1 heterocycles. The second-order valence-corrected chi connectivity index (χ2v) is 6.98. The lowest BCUT2D eigenvalue weighted by atomic mass is 10.0. The SMILES string of the molecule is CCCC(Nc1cccc2c1cnn2C)c1ccc(Oc2ccccc2)cc1. The summed E-state index contributed by atoms with van der Waals surface area (Å²) in [5.41, 5.74) is 3.50. The first-order chi connectivity index (χ1) is 13.7. The van der Waals surface area contributed by atoms with Gasteiger partial charge in [-0.2, -0.15) is 5.10 Å². The third-order valence-corrected chi connectivity index (χ3v) is 4.96. The molecule has 0 aliphatic carbocycles. The van der Waals surface area contributed by atoms with E-state index in [-0.39, 0.29) is 6.04 Å². The summed E-state index contributed by atoms with van der Waals surface area (Å²) in [4.78, 5) is 0. The summed E-state index contributed by atoms with van der Waals surface area (Å²) < 4.78 is 7.83. The van der Waals surface area contributed by atoms with Crippen molar-refractivity contribution in [3.63, 3.8) is 0 Å². The number of hydrogen-bond donors (Lipinski definition) is 1. The molecular weight excluding hydrogens is 346 g/mol. The highest BCUT2D eigenvalue weighted by molar-refractivity contribution is 5.91. The van der Waals surface area contributed by atoms with Gasteiger partial charge in [0.05, 0.1) is 17.8 Å². The Balaban J connectivity index is 1.55. The van der Waals surface area contributed by atoms with Crippen molar-refractivity contribution >= 4 is 16.6 Å². The summed E-state index contributed by atoms with van der Waals surface area (Å²) in [6, 6.07) is 24.8. The van der Waals surface area contributed by atoms with Crippen LogP contribution in [0, 0.1) is 0 Å². The molecule has 4 heteroatoms. The van der Waals surface area contributed by atoms with Crippen LogP contribution in [0.1, 0.15) is 31.4 Å². The molecule has 0 aliphatic rings. The van der Waals surface area contributed by atoms with E-state index in [0.717, 1.165) is 40.9 Å². The number of aromatic nitrogens is 2. The molecule has 0 bridgehead atoms. The van der Waals surface area contributed by atoms with Gasteiger partial charge in [0.1, 0.15) is 11.5 Å². The highest BCUT2D eigenvalue weighted by Gasteiger charge is 2.13. The van der Waals surface area contributed by atoms with Crippen LogP contribution in [0.25, 0.3) is 10.9 Å². The van der Waals surface area contributed by atoms with Crippen LogP contribution >= 0.6 is 0 Å². The predicted molar refractivity (Wildman–Crippen MR) is 115 cm³/mol. The summed E-state index contributed by atoms with van der Waals surface area (Å²) in [7, 11) is 1.97. The van der Waals surface area contributed by atoms with Gasteiger partial charge in [-0.1, -0.05) is 49.7 Å². The van der Waals surface area contributed by atoms with Crippen LogP contribution in [0.4, 0.5) is 5.69 Å². The van der Waals surface area contributed by atoms with Crippen LogP contribution in [-0.4, -0.2) is 9.78 Å². The molecule has 0 spiro atoms. The van der Waals surface area contributed by atoms with Gasteiger partial charge < -0.3 is 10.1 Å². The Labute approximate surface area is 165 Å². The molecule has 28 heavy (non-hydrogen) atoms. The summed E-state index contributed by atoms with van der Waals surface area (Å²) >= 11 is 0. The number of ether oxygens (including phenoxy) is 1. The minimum atomic E-state index is 0.238. The third kappa shape index (κ3) is 3.86. The number of fused-ring (bicyclic) bond motifs is 1. The van der Waals surface area contributed by atoms with E-state index in [1.54, 1.807) is 0 Å². The Bertz CT molecular complexity index is 1040. The van der Waals surface area contributed by atoms with Gasteiger partial charge in [0.15, 0.2) is 0 Å². The average Bonchev–Trinajstić information content (AvgIpc) is 3.11. The molecule has 0 aliphatic heterocycles. The highest BCUT2D eigenvalue weighted by Crippen LogP contribution is 2.30. The number of hydrogen-bond acceptors (Lipinski definition) is 3. The third-order valence-electron chi connectivity index (χ3n) is 4.96. The number of rotatable bonds is 7. The van der Waals surface area contributed by atoms with Crippen molar-refractivity contribution < 1.29 is 4.74 Å². The van der Waals surface area contributed by atoms with Crippen molar-refractivity contribution in [3.8, 4) is 11.5 Å². The highest BCUT2D eigenvalue weighted by atomic mass is 16.5. The zero-order chi connectivity index (χ0) is 19.3. The first-order valence-corrected chi connectivity index (χ1v) is 9.74. The van der Waals surface area contributed by atoms with Crippen LogP contribution in [0.5, 0.6) is 11.5 Å². The van der Waals surface area contributed by atoms with Crippen LogP contribution in [0.15, 0.2) is 79.0 Å². The minimum Gasteiger partial charge on any atom is -0.457 e. The van der Waals surface area contributed by atoms with Crippen molar-refractivity contribution in [2.24, 2.45) is 7.05 Å². The van der Waals surface area contributed by atoms with Crippen molar-refractivity contribution in [2.45, 2.75) is 25.8 Å².